The van der Waals surface area contributed by atoms with Gasteiger partial charge in [-0.25, -0.2) is 76.7 Å². The number of aliphatic hydroxyl groups excluding tert-OH is 10. The Hall–Kier alpha value is -12.2. The van der Waals surface area contributed by atoms with E-state index in [1.807, 2.05) is 0 Å². The molecule has 0 amide bonds. The Bertz CT molecular complexity index is 2990. The molecule has 0 spiro atoms. The van der Waals surface area contributed by atoms with Crippen LogP contribution < -0.4 is 0 Å². The smallest absolute Gasteiger partial charge is 0.432 e. The van der Waals surface area contributed by atoms with E-state index in [9.17, 15) is 76.7 Å². The Morgan fingerprint density at radius 3 is 0.414 bits per heavy atom. The predicted octanol–water partition coefficient (Wildman–Crippen LogP) is 1.86. The van der Waals surface area contributed by atoms with Crippen molar-refractivity contribution in [1.82, 2.24) is 0 Å². The minimum atomic E-state index is -1.08. The topological polar surface area (TPSA) is 789 Å². The summed E-state index contributed by atoms with van der Waals surface area (Å²) in [7, 11) is 2.93. The molecular weight excluding hydrogens is 1840 g/mol. The van der Waals surface area contributed by atoms with Crippen LogP contribution in [0.2, 0.25) is 0 Å². The van der Waals surface area contributed by atoms with Crippen LogP contribution in [0.25, 0.3) is 0 Å². The first-order chi connectivity index (χ1) is 62.9. The second-order valence-electron chi connectivity index (χ2n) is 24.6. The van der Waals surface area contributed by atoms with Crippen LogP contribution in [0.3, 0.4) is 0 Å². The lowest BCUT2D eigenvalue weighted by atomic mass is 10.4. The molecule has 0 aliphatic heterocycles. The van der Waals surface area contributed by atoms with E-state index < -0.39 is 153 Å². The fourth-order valence-electron chi connectivity index (χ4n) is 5.70. The maximum absolute atomic E-state index is 11.5. The zero-order valence-corrected chi connectivity index (χ0v) is 75.6. The maximum Gasteiger partial charge on any atom is 0.508 e. The largest absolute Gasteiger partial charge is 0.508 e. The summed E-state index contributed by atoms with van der Waals surface area (Å²) in [6.07, 6.45) is -23.5. The number of rotatable bonds is 56. The van der Waals surface area contributed by atoms with Crippen LogP contribution in [0.4, 0.5) is 76.7 Å². The van der Waals surface area contributed by atoms with Gasteiger partial charge >= 0.3 is 98.5 Å². The van der Waals surface area contributed by atoms with Crippen molar-refractivity contribution in [2.24, 2.45) is 0 Å². The zero-order chi connectivity index (χ0) is 102. The van der Waals surface area contributed by atoms with Crippen LogP contribution in [0.5, 0.6) is 0 Å². The molecule has 0 radical (unpaired) electrons. The van der Waals surface area contributed by atoms with E-state index in [1.54, 1.807) is 13.8 Å². The third kappa shape index (κ3) is 109. The molecule has 0 saturated heterocycles. The summed E-state index contributed by atoms with van der Waals surface area (Å²) in [5.74, 6) is 0. The van der Waals surface area contributed by atoms with Gasteiger partial charge < -0.3 is 212 Å². The monoisotopic (exact) mass is 1960 g/mol. The Balaban J connectivity index is -0.000000372. The summed E-state index contributed by atoms with van der Waals surface area (Å²) < 4.78 is 156. The van der Waals surface area contributed by atoms with E-state index in [-0.39, 0.29) is 230 Å². The quantitative estimate of drug-likeness (QED) is 0.0236. The highest BCUT2D eigenvalue weighted by Gasteiger charge is 2.21. The Kier molecular flexibility index (Phi) is 90.8. The van der Waals surface area contributed by atoms with Crippen LogP contribution in [-0.4, -0.2) is 449 Å². The molecular formula is C73H126O60. The Morgan fingerprint density at radius 2 is 0.263 bits per heavy atom. The number of carbonyl (C=O) groups excluding carboxylic acids is 16. The summed E-state index contributed by atoms with van der Waals surface area (Å²) in [6.45, 7) is 9.26. The van der Waals surface area contributed by atoms with Crippen LogP contribution in [0, 0.1) is 0 Å². The number of methoxy groups -OCH3 is 2. The van der Waals surface area contributed by atoms with Crippen molar-refractivity contribution < 1.29 is 289 Å². The van der Waals surface area contributed by atoms with E-state index >= 15 is 0 Å². The first-order valence-electron chi connectivity index (χ1n) is 39.3. The lowest BCUT2D eigenvalue weighted by molar-refractivity contribution is -0.0256. The minimum Gasteiger partial charge on any atom is -0.432 e. The Labute approximate surface area is 760 Å². The van der Waals surface area contributed by atoms with Gasteiger partial charge in [-0.2, -0.15) is 0 Å². The number of aliphatic hydroxyl groups is 10. The summed E-state index contributed by atoms with van der Waals surface area (Å²) in [4.78, 5) is 177. The molecule has 0 aliphatic carbocycles. The van der Waals surface area contributed by atoms with E-state index in [4.69, 9.17) is 84.2 Å². The first-order valence-corrected chi connectivity index (χ1v) is 39.3. The molecule has 0 saturated carbocycles. The molecule has 60 nitrogen and oxygen atoms in total. The molecule has 10 N–H and O–H groups in total. The third-order valence-corrected chi connectivity index (χ3v) is 11.4. The SMILES string of the molecule is CC(COC(=O)OCCO)OC(=O)OCCO.CC(O)COC(=O)OCC(C)OC(=O)OCC(C)O.CC(O)COC(=O)OCCOC(=O)OCC(C)O.COC(C)COC(=O)OCCOC(=O)OC(C)COC(=O)OCCOC(=O)OCC(C)O.COC(C)COC(=O)OCCOC(=O)OCCOC(=O)OCCOC(=O)OCC(C)O.O=C(OCCO)OCCOC(=O)OCCO. The van der Waals surface area contributed by atoms with Gasteiger partial charge in [-0.05, 0) is 76.2 Å². The standard InChI is InChI=1S/C18H30O14.C17H28O14.C11H20O8.C10H18O8.C9H16O8.C8H14O8/c1-12(19)9-29-15(20)25-5-6-26-17(22)31-11-14(3)32-18(23)28-8-7-27-16(21)30-10-13(2)24-4;1-12(18)10-30-16(21)28-8-6-26-14(19)24-4-5-25-15(20)27-7-9-29-17(22)31-11-13(2)23-3;1-7(12)4-16-10(14)18-6-9(3)19-11(15)17-5-8(2)13;1-7(11)5-17-9(13)15-3-4-16-10(14)18-6-8(2)12;1-7(17-9(13)15-5-3-11)6-16-8(12)14-4-2-10;9-1-3-13-7(11)15-5-6-16-8(12)14-4-2-10/h12-14,19H,5-11H2,1-4H3;12-13,18H,4-11H2,1-3H3;7-9,12-13H,4-6H2,1-3H3;7-8,11-12H,3-6H2,1-2H3;7,10-11H,2-6H2,1H3;9-10H,1-6H2. The fraction of sp³-hybridized carbons (Fsp3) is 0.781. The highest BCUT2D eigenvalue weighted by Crippen LogP contribution is 2.05. The molecule has 0 aromatic heterocycles. The molecule has 0 rings (SSSR count). The van der Waals surface area contributed by atoms with Gasteiger partial charge in [-0.15, -0.1) is 0 Å². The number of carbonyl (C=O) groups is 16. The lowest BCUT2D eigenvalue weighted by Gasteiger charge is -2.14. The number of ether oxygens (including phenoxy) is 34. The predicted molar refractivity (Wildman–Crippen MR) is 422 cm³/mol. The van der Waals surface area contributed by atoms with E-state index in [0.29, 0.717) is 0 Å². The van der Waals surface area contributed by atoms with Crippen molar-refractivity contribution in [2.45, 2.75) is 143 Å². The van der Waals surface area contributed by atoms with Crippen molar-refractivity contribution in [3.63, 3.8) is 0 Å². The zero-order valence-electron chi connectivity index (χ0n) is 75.6. The molecule has 0 aromatic rings. The molecule has 0 heterocycles. The van der Waals surface area contributed by atoms with Gasteiger partial charge in [-0.1, -0.05) is 0 Å². The molecule has 60 heteroatoms. The van der Waals surface area contributed by atoms with E-state index in [0.717, 1.165) is 0 Å². The Morgan fingerprint density at radius 1 is 0.158 bits per heavy atom. The molecule has 11 atom stereocenters. The maximum atomic E-state index is 11.5. The van der Waals surface area contributed by atoms with Gasteiger partial charge in [-0.3, -0.25) is 0 Å². The number of hydrogen-bond acceptors (Lipinski definition) is 60. The molecule has 11 unspecified atom stereocenters. The van der Waals surface area contributed by atoms with Crippen molar-refractivity contribution in [3.05, 3.63) is 0 Å². The fourth-order valence-corrected chi connectivity index (χ4v) is 5.70. The van der Waals surface area contributed by atoms with E-state index in [1.165, 1.54) is 76.5 Å². The summed E-state index contributed by atoms with van der Waals surface area (Å²) >= 11 is 0. The van der Waals surface area contributed by atoms with Gasteiger partial charge in [0, 0.05) is 14.2 Å². The van der Waals surface area contributed by atoms with Gasteiger partial charge in [0.15, 0.2) is 0 Å². The lowest BCUT2D eigenvalue weighted by Crippen LogP contribution is -2.25. The highest BCUT2D eigenvalue weighted by atomic mass is 16.8. The van der Waals surface area contributed by atoms with Crippen LogP contribution in [0.1, 0.15) is 76.2 Å². The van der Waals surface area contributed by atoms with Gasteiger partial charge in [0.05, 0.1) is 75.3 Å². The average molecular weight is 1960 g/mol. The van der Waals surface area contributed by atoms with Gasteiger partial charge in [0.25, 0.3) is 0 Å². The van der Waals surface area contributed by atoms with Crippen molar-refractivity contribution in [2.75, 3.05) is 232 Å². The van der Waals surface area contributed by atoms with Gasteiger partial charge in [0.2, 0.25) is 0 Å². The van der Waals surface area contributed by atoms with Crippen LogP contribution in [0.15, 0.2) is 0 Å². The molecule has 0 aromatic carbocycles. The minimum absolute atomic E-state index is 0.0156. The third-order valence-electron chi connectivity index (χ3n) is 11.4. The second kappa shape index (κ2) is 91.7. The van der Waals surface area contributed by atoms with Crippen molar-refractivity contribution in [1.29, 1.82) is 0 Å². The summed E-state index contributed by atoms with van der Waals surface area (Å²) in [5, 5.41) is 86.5. The summed E-state index contributed by atoms with van der Waals surface area (Å²) in [5.41, 5.74) is 0. The second-order valence-corrected chi connectivity index (χ2v) is 24.6. The van der Waals surface area contributed by atoms with E-state index in [2.05, 4.69) is 128 Å². The van der Waals surface area contributed by atoms with Crippen molar-refractivity contribution >= 4 is 98.5 Å². The average Bonchev–Trinajstić information content (AvgIpc) is 0.979. The highest BCUT2D eigenvalue weighted by molar-refractivity contribution is 5.65. The van der Waals surface area contributed by atoms with Crippen LogP contribution >= 0.6 is 0 Å². The normalized spacial score (nSPS) is 12.5. The first kappa shape index (κ1) is 132. The molecule has 778 valence electrons. The molecule has 0 aliphatic rings. The molecule has 133 heavy (non-hydrogen) atoms. The summed E-state index contributed by atoms with van der Waals surface area (Å²) in [6, 6.07) is 0. The molecule has 0 bridgehead atoms. The van der Waals surface area contributed by atoms with Crippen LogP contribution in [-0.2, 0) is 161 Å². The van der Waals surface area contributed by atoms with Gasteiger partial charge in [0.1, 0.15) is 210 Å². The molecule has 0 fully saturated rings. The van der Waals surface area contributed by atoms with Crippen molar-refractivity contribution in [3.8, 4) is 0 Å². The number of hydrogen-bond donors (Lipinski definition) is 10.